The first-order chi connectivity index (χ1) is 10.6. The number of pyridine rings is 1. The minimum Gasteiger partial charge on any atom is -0.381 e. The highest BCUT2D eigenvalue weighted by Gasteiger charge is 2.14. The lowest BCUT2D eigenvalue weighted by molar-refractivity contribution is 0.484. The van der Waals surface area contributed by atoms with Crippen LogP contribution in [0.4, 0.5) is 5.69 Å². The fraction of sp³-hybridized carbons (Fsp3) is 0.350. The second-order valence-corrected chi connectivity index (χ2v) is 6.01. The van der Waals surface area contributed by atoms with Gasteiger partial charge in [0.2, 0.25) is 0 Å². The highest BCUT2D eigenvalue weighted by Crippen LogP contribution is 2.31. The van der Waals surface area contributed by atoms with Gasteiger partial charge >= 0.3 is 0 Å². The summed E-state index contributed by atoms with van der Waals surface area (Å²) in [5, 5.41) is 4.82. The molecule has 0 fully saturated rings. The van der Waals surface area contributed by atoms with E-state index in [1.54, 1.807) is 6.08 Å². The number of aromatic nitrogens is 1. The van der Waals surface area contributed by atoms with Crippen molar-refractivity contribution in [3.05, 3.63) is 48.7 Å². The third-order valence-electron chi connectivity index (χ3n) is 4.20. The molecule has 1 N–H and O–H groups in total. The van der Waals surface area contributed by atoms with E-state index in [4.69, 9.17) is 0 Å². The Kier molecular flexibility index (Phi) is 5.37. The number of fused-ring (bicyclic) bond motifs is 1. The summed E-state index contributed by atoms with van der Waals surface area (Å²) in [6, 6.07) is 8.62. The summed E-state index contributed by atoms with van der Waals surface area (Å²) in [4.78, 5) is 4.68. The topological polar surface area (TPSA) is 24.9 Å². The molecule has 0 bridgehead atoms. The van der Waals surface area contributed by atoms with Crippen LogP contribution in [-0.4, -0.2) is 11.0 Å². The van der Waals surface area contributed by atoms with Crippen molar-refractivity contribution in [3.63, 3.8) is 0 Å². The number of hydrogen-bond donors (Lipinski definition) is 1. The predicted octanol–water partition coefficient (Wildman–Crippen LogP) is 5.76. The molecule has 1 aromatic carbocycles. The summed E-state index contributed by atoms with van der Waals surface area (Å²) in [6.45, 7) is 14.6. The zero-order chi connectivity index (χ0) is 16.1. The van der Waals surface area contributed by atoms with Gasteiger partial charge in [0, 0.05) is 17.0 Å². The van der Waals surface area contributed by atoms with E-state index in [9.17, 15) is 0 Å². The van der Waals surface area contributed by atoms with Gasteiger partial charge in [-0.15, -0.1) is 0 Å². The Bertz CT molecular complexity index is 673. The van der Waals surface area contributed by atoms with Gasteiger partial charge in [-0.05, 0) is 31.4 Å². The number of nitrogens with one attached hydrogen (secondary N) is 1. The first-order valence-electron chi connectivity index (χ1n) is 8.04. The van der Waals surface area contributed by atoms with Crippen molar-refractivity contribution in [1.29, 1.82) is 0 Å². The van der Waals surface area contributed by atoms with Gasteiger partial charge < -0.3 is 5.32 Å². The van der Waals surface area contributed by atoms with Crippen LogP contribution in [0, 0.1) is 5.92 Å². The van der Waals surface area contributed by atoms with Gasteiger partial charge in [0.15, 0.2) is 0 Å². The molecule has 0 saturated heterocycles. The Balaban J connectivity index is 2.49. The lowest BCUT2D eigenvalue weighted by Gasteiger charge is -2.22. The highest BCUT2D eigenvalue weighted by atomic mass is 14.9. The molecule has 2 atom stereocenters. The third kappa shape index (κ3) is 3.38. The van der Waals surface area contributed by atoms with Crippen molar-refractivity contribution < 1.29 is 0 Å². The van der Waals surface area contributed by atoms with Crippen molar-refractivity contribution in [2.75, 3.05) is 5.32 Å². The van der Waals surface area contributed by atoms with Crippen LogP contribution in [0.15, 0.2) is 37.4 Å². The van der Waals surface area contributed by atoms with Crippen molar-refractivity contribution in [2.24, 2.45) is 5.92 Å². The van der Waals surface area contributed by atoms with E-state index in [1.807, 2.05) is 18.2 Å². The van der Waals surface area contributed by atoms with Gasteiger partial charge in [0.05, 0.1) is 16.9 Å². The molecule has 0 radical (unpaired) electrons. The maximum Gasteiger partial charge on any atom is 0.0730 e. The van der Waals surface area contributed by atoms with Gasteiger partial charge in [-0.25, -0.2) is 4.98 Å². The Morgan fingerprint density at radius 2 is 1.91 bits per heavy atom. The van der Waals surface area contributed by atoms with Crippen LogP contribution in [0.5, 0.6) is 0 Å². The van der Waals surface area contributed by atoms with Gasteiger partial charge in [-0.2, -0.15) is 0 Å². The Morgan fingerprint density at radius 3 is 2.55 bits per heavy atom. The summed E-state index contributed by atoms with van der Waals surface area (Å²) in [6.07, 6.45) is 6.02. The van der Waals surface area contributed by atoms with Crippen LogP contribution >= 0.6 is 0 Å². The lowest BCUT2D eigenvalue weighted by Crippen LogP contribution is -2.19. The van der Waals surface area contributed by atoms with Gasteiger partial charge in [-0.3, -0.25) is 0 Å². The molecule has 2 aromatic rings. The van der Waals surface area contributed by atoms with E-state index in [0.29, 0.717) is 12.0 Å². The number of nitrogens with zero attached hydrogens (tertiary/aromatic N) is 1. The fourth-order valence-corrected chi connectivity index (χ4v) is 2.84. The number of anilines is 1. The van der Waals surface area contributed by atoms with E-state index < -0.39 is 0 Å². The zero-order valence-corrected chi connectivity index (χ0v) is 13.9. The summed E-state index contributed by atoms with van der Waals surface area (Å²) in [5.41, 5.74) is 4.02. The first-order valence-corrected chi connectivity index (χ1v) is 8.04. The number of rotatable bonds is 7. The average molecular weight is 294 g/mol. The number of para-hydroxylation sites is 1. The maximum atomic E-state index is 4.68. The third-order valence-corrected chi connectivity index (χ3v) is 4.20. The van der Waals surface area contributed by atoms with Crippen LogP contribution in [0.2, 0.25) is 0 Å². The van der Waals surface area contributed by atoms with Crippen LogP contribution in [0.1, 0.15) is 44.9 Å². The average Bonchev–Trinajstić information content (AvgIpc) is 2.54. The van der Waals surface area contributed by atoms with Gasteiger partial charge in [0.1, 0.15) is 0 Å². The molecule has 2 unspecified atom stereocenters. The second-order valence-electron chi connectivity index (χ2n) is 6.01. The van der Waals surface area contributed by atoms with E-state index in [1.165, 1.54) is 6.42 Å². The molecule has 2 heteroatoms. The summed E-state index contributed by atoms with van der Waals surface area (Å²) >= 11 is 0. The van der Waals surface area contributed by atoms with Gasteiger partial charge in [-0.1, -0.05) is 57.7 Å². The van der Waals surface area contributed by atoms with Crippen LogP contribution in [0.3, 0.4) is 0 Å². The molecular formula is C20H26N2. The molecule has 0 saturated carbocycles. The molecule has 116 valence electrons. The minimum absolute atomic E-state index is 0.400. The molecule has 1 heterocycles. The summed E-state index contributed by atoms with van der Waals surface area (Å²) in [5.74, 6) is 0.710. The normalized spacial score (nSPS) is 13.6. The van der Waals surface area contributed by atoms with Crippen molar-refractivity contribution >= 4 is 28.7 Å². The van der Waals surface area contributed by atoms with Crippen molar-refractivity contribution in [2.45, 2.75) is 39.7 Å². The monoisotopic (exact) mass is 294 g/mol. The minimum atomic E-state index is 0.400. The fourth-order valence-electron chi connectivity index (χ4n) is 2.84. The van der Waals surface area contributed by atoms with E-state index in [2.05, 4.69) is 56.4 Å². The zero-order valence-electron chi connectivity index (χ0n) is 13.9. The van der Waals surface area contributed by atoms with Crippen molar-refractivity contribution in [3.8, 4) is 0 Å². The summed E-state index contributed by atoms with van der Waals surface area (Å²) < 4.78 is 0. The molecule has 2 rings (SSSR count). The number of hydrogen-bond acceptors (Lipinski definition) is 2. The van der Waals surface area contributed by atoms with Gasteiger partial charge in [0.25, 0.3) is 0 Å². The van der Waals surface area contributed by atoms with Crippen molar-refractivity contribution in [1.82, 2.24) is 4.98 Å². The largest absolute Gasteiger partial charge is 0.381 e. The Morgan fingerprint density at radius 1 is 1.18 bits per heavy atom. The molecule has 1 aromatic heterocycles. The Hall–Kier alpha value is -2.09. The highest BCUT2D eigenvalue weighted by molar-refractivity contribution is 5.97. The molecule has 0 aliphatic rings. The first kappa shape index (κ1) is 16.3. The predicted molar refractivity (Wildman–Crippen MR) is 99.1 cm³/mol. The van der Waals surface area contributed by atoms with Crippen LogP contribution < -0.4 is 5.32 Å². The molecule has 0 aliphatic carbocycles. The lowest BCUT2D eigenvalue weighted by atomic mass is 9.99. The Labute approximate surface area is 134 Å². The maximum absolute atomic E-state index is 4.68. The van der Waals surface area contributed by atoms with E-state index in [-0.39, 0.29) is 0 Å². The molecule has 0 aliphatic heterocycles. The van der Waals surface area contributed by atoms with Crippen LogP contribution in [0.25, 0.3) is 23.1 Å². The summed E-state index contributed by atoms with van der Waals surface area (Å²) in [7, 11) is 0. The molecule has 2 nitrogen and oxygen atoms in total. The molecule has 0 amide bonds. The quantitative estimate of drug-likeness (QED) is 0.702. The van der Waals surface area contributed by atoms with E-state index >= 15 is 0 Å². The smallest absolute Gasteiger partial charge is 0.0730 e. The SMILES string of the molecule is C=Cc1nc2ccccc2c(NC(C)CC(C)CC)c1C=C. The van der Waals surface area contributed by atoms with E-state index in [0.717, 1.165) is 34.3 Å². The molecular weight excluding hydrogens is 268 g/mol. The standard InChI is InChI=1S/C20H26N2/c1-6-14(4)13-15(5)21-20-16(7-2)18(8-3)22-19-12-10-9-11-17(19)20/h7-12,14-15H,2-3,6,13H2,1,4-5H3,(H,21,22). The number of benzene rings is 1. The molecule has 22 heavy (non-hydrogen) atoms. The second kappa shape index (κ2) is 7.26. The molecule has 0 spiro atoms. The van der Waals surface area contributed by atoms with Crippen LogP contribution in [-0.2, 0) is 0 Å².